The largest absolute Gasteiger partial charge is 0.490 e. The molecule has 0 saturated heterocycles. The molecule has 1 aromatic rings. The fraction of sp³-hybridized carbons (Fsp3) is 0.704. The van der Waals surface area contributed by atoms with E-state index in [0.29, 0.717) is 12.7 Å². The highest BCUT2D eigenvalue weighted by Crippen LogP contribution is 2.50. The predicted molar refractivity (Wildman–Crippen MR) is 120 cm³/mol. The van der Waals surface area contributed by atoms with Crippen molar-refractivity contribution in [2.75, 3.05) is 13.2 Å². The van der Waals surface area contributed by atoms with Gasteiger partial charge in [0, 0.05) is 6.61 Å². The van der Waals surface area contributed by atoms with Gasteiger partial charge in [-0.1, -0.05) is 24.8 Å². The summed E-state index contributed by atoms with van der Waals surface area (Å²) in [6.45, 7) is 7.32. The molecule has 0 radical (unpaired) electrons. The van der Waals surface area contributed by atoms with E-state index in [-0.39, 0.29) is 0 Å². The van der Waals surface area contributed by atoms with Gasteiger partial charge >= 0.3 is 0 Å². The third kappa shape index (κ3) is 5.26. The second-order valence-electron chi connectivity index (χ2n) is 9.76. The van der Waals surface area contributed by atoms with Crippen molar-refractivity contribution < 1.29 is 9.47 Å². The van der Waals surface area contributed by atoms with Crippen LogP contribution in [0.4, 0.5) is 0 Å². The Balaban J connectivity index is 1.27. The molecule has 4 rings (SSSR count). The lowest BCUT2D eigenvalue weighted by Gasteiger charge is -2.45. The van der Waals surface area contributed by atoms with Crippen molar-refractivity contribution in [1.82, 2.24) is 0 Å². The molecule has 160 valence electrons. The van der Waals surface area contributed by atoms with Gasteiger partial charge in [-0.05, 0) is 118 Å². The summed E-state index contributed by atoms with van der Waals surface area (Å²) in [5, 5.41) is 0. The van der Waals surface area contributed by atoms with Crippen LogP contribution in [-0.4, -0.2) is 19.3 Å². The van der Waals surface area contributed by atoms with E-state index in [1.165, 1.54) is 69.8 Å². The van der Waals surface area contributed by atoms with Crippen LogP contribution in [0.3, 0.4) is 0 Å². The van der Waals surface area contributed by atoms with Gasteiger partial charge in [-0.15, -0.1) is 0 Å². The van der Waals surface area contributed by atoms with Crippen LogP contribution in [0, 0.1) is 23.7 Å². The van der Waals surface area contributed by atoms with Crippen LogP contribution >= 0.6 is 0 Å². The summed E-state index contributed by atoms with van der Waals surface area (Å²) in [6, 6.07) is 8.87. The average Bonchev–Trinajstić information content (AvgIpc) is 2.78. The summed E-state index contributed by atoms with van der Waals surface area (Å²) in [5.41, 5.74) is 1.52. The van der Waals surface area contributed by atoms with Crippen molar-refractivity contribution in [1.29, 1.82) is 0 Å². The second-order valence-corrected chi connectivity index (χ2v) is 9.76. The van der Waals surface area contributed by atoms with Gasteiger partial charge in [-0.3, -0.25) is 0 Å². The highest BCUT2D eigenvalue weighted by molar-refractivity contribution is 5.30. The van der Waals surface area contributed by atoms with Crippen molar-refractivity contribution in [2.24, 2.45) is 23.7 Å². The highest BCUT2D eigenvalue weighted by atomic mass is 16.5. The molecule has 0 amide bonds. The summed E-state index contributed by atoms with van der Waals surface area (Å²) < 4.78 is 11.5. The van der Waals surface area contributed by atoms with Crippen LogP contribution in [0.2, 0.25) is 0 Å². The van der Waals surface area contributed by atoms with Gasteiger partial charge in [-0.25, -0.2) is 0 Å². The molecule has 3 fully saturated rings. The maximum absolute atomic E-state index is 5.87. The first-order valence-corrected chi connectivity index (χ1v) is 12.2. The Morgan fingerprint density at radius 3 is 2.14 bits per heavy atom. The number of hydrogen-bond acceptors (Lipinski definition) is 2. The van der Waals surface area contributed by atoms with Crippen molar-refractivity contribution >= 4 is 0 Å². The summed E-state index contributed by atoms with van der Waals surface area (Å²) in [7, 11) is 0. The Labute approximate surface area is 178 Å². The second kappa shape index (κ2) is 10.2. The normalized spacial score (nSPS) is 34.9. The van der Waals surface area contributed by atoms with E-state index in [2.05, 4.69) is 37.8 Å². The molecule has 4 atom stereocenters. The first kappa shape index (κ1) is 21.0. The summed E-state index contributed by atoms with van der Waals surface area (Å²) in [6.07, 6.45) is 16.5. The Morgan fingerprint density at radius 2 is 1.45 bits per heavy atom. The number of benzene rings is 1. The van der Waals surface area contributed by atoms with Crippen molar-refractivity contribution in [3.63, 3.8) is 0 Å². The Morgan fingerprint density at radius 1 is 0.828 bits per heavy atom. The van der Waals surface area contributed by atoms with Crippen molar-refractivity contribution in [3.05, 3.63) is 42.5 Å². The van der Waals surface area contributed by atoms with Crippen LogP contribution < -0.4 is 4.74 Å². The lowest BCUT2D eigenvalue weighted by atomic mass is 9.60. The first-order valence-electron chi connectivity index (χ1n) is 12.2. The van der Waals surface area contributed by atoms with Crippen LogP contribution in [0.1, 0.15) is 82.6 Å². The predicted octanol–water partition coefficient (Wildman–Crippen LogP) is 7.15. The summed E-state index contributed by atoms with van der Waals surface area (Å²) in [4.78, 5) is 0. The molecular weight excluding hydrogens is 356 g/mol. The van der Waals surface area contributed by atoms with Gasteiger partial charge in [0.05, 0.1) is 6.10 Å². The molecule has 2 heteroatoms. The molecule has 1 aromatic carbocycles. The maximum Gasteiger partial charge on any atom is 0.119 e. The lowest BCUT2D eigenvalue weighted by molar-refractivity contribution is 0.00583. The number of rotatable bonds is 7. The Bertz CT molecular complexity index is 628. The van der Waals surface area contributed by atoms with E-state index >= 15 is 0 Å². The molecule has 2 nitrogen and oxygen atoms in total. The maximum atomic E-state index is 5.87. The van der Waals surface area contributed by atoms with Crippen LogP contribution in [0.5, 0.6) is 5.75 Å². The fourth-order valence-electron chi connectivity index (χ4n) is 6.61. The van der Waals surface area contributed by atoms with E-state index in [0.717, 1.165) is 41.9 Å². The average molecular weight is 397 g/mol. The first-order chi connectivity index (χ1) is 14.3. The minimum absolute atomic E-state index is 0.552. The van der Waals surface area contributed by atoms with E-state index < -0.39 is 0 Å². The van der Waals surface area contributed by atoms with Crippen LogP contribution in [0.15, 0.2) is 36.9 Å². The van der Waals surface area contributed by atoms with Crippen molar-refractivity contribution in [2.45, 2.75) is 83.2 Å². The molecule has 0 bridgehead atoms. The zero-order chi connectivity index (χ0) is 20.1. The minimum atomic E-state index is 0.552. The fourth-order valence-corrected chi connectivity index (χ4v) is 6.61. The van der Waals surface area contributed by atoms with Crippen molar-refractivity contribution in [3.8, 4) is 5.75 Å². The van der Waals surface area contributed by atoms with Gasteiger partial charge in [0.1, 0.15) is 12.4 Å². The zero-order valence-electron chi connectivity index (χ0n) is 18.4. The topological polar surface area (TPSA) is 18.5 Å². The molecule has 0 spiro atoms. The molecule has 0 heterocycles. The molecular formula is C27H40O2. The van der Waals surface area contributed by atoms with E-state index in [4.69, 9.17) is 9.47 Å². The van der Waals surface area contributed by atoms with E-state index in [1.807, 2.05) is 0 Å². The van der Waals surface area contributed by atoms with E-state index in [1.54, 1.807) is 6.08 Å². The summed E-state index contributed by atoms with van der Waals surface area (Å²) >= 11 is 0. The molecule has 0 aromatic heterocycles. The summed E-state index contributed by atoms with van der Waals surface area (Å²) in [5.74, 6) is 5.64. The minimum Gasteiger partial charge on any atom is -0.490 e. The molecule has 3 saturated carbocycles. The van der Waals surface area contributed by atoms with Gasteiger partial charge < -0.3 is 9.47 Å². The van der Waals surface area contributed by atoms with Gasteiger partial charge in [0.25, 0.3) is 0 Å². The molecule has 0 aliphatic heterocycles. The zero-order valence-corrected chi connectivity index (χ0v) is 18.4. The molecule has 4 unspecified atom stereocenters. The number of ether oxygens (including phenoxy) is 2. The quantitative estimate of drug-likeness (QED) is 0.456. The monoisotopic (exact) mass is 396 g/mol. The molecule has 3 aliphatic rings. The van der Waals surface area contributed by atoms with Crippen LogP contribution in [-0.2, 0) is 4.74 Å². The van der Waals surface area contributed by atoms with Gasteiger partial charge in [-0.2, -0.15) is 0 Å². The van der Waals surface area contributed by atoms with E-state index in [9.17, 15) is 0 Å². The molecule has 3 aliphatic carbocycles. The van der Waals surface area contributed by atoms with Crippen LogP contribution in [0.25, 0.3) is 0 Å². The highest BCUT2D eigenvalue weighted by Gasteiger charge is 2.39. The van der Waals surface area contributed by atoms with Gasteiger partial charge in [0.2, 0.25) is 0 Å². The lowest BCUT2D eigenvalue weighted by Crippen LogP contribution is -2.35. The SMILES string of the molecule is C=CCOc1ccc(C2CCC3CC(C4CCC(OCC)CC4)CCC3C2)cc1. The Kier molecular flexibility index (Phi) is 7.34. The third-order valence-electron chi connectivity index (χ3n) is 8.16. The molecule has 0 N–H and O–H groups in total. The smallest absolute Gasteiger partial charge is 0.119 e. The van der Waals surface area contributed by atoms with Gasteiger partial charge in [0.15, 0.2) is 0 Å². The Hall–Kier alpha value is -1.28. The standard InChI is InChI=1S/C27H40O2/c1-3-17-29-27-15-11-21(12-16-27)23-6-8-24-18-22(5-7-25(24)19-23)20-9-13-26(14-10-20)28-4-2/h3,11-12,15-16,20,22-26H,1,4-10,13-14,17-19H2,2H3. The number of fused-ring (bicyclic) bond motifs is 1. The molecule has 29 heavy (non-hydrogen) atoms. The number of hydrogen-bond donors (Lipinski definition) is 0. The third-order valence-corrected chi connectivity index (χ3v) is 8.16.